The molecule has 19 heavy (non-hydrogen) atoms. The number of aryl methyl sites for hydroxylation is 2. The molecule has 0 saturated carbocycles. The van der Waals surface area contributed by atoms with Crippen molar-refractivity contribution >= 4 is 0 Å². The Bertz CT molecular complexity index is 548. The third kappa shape index (κ3) is 3.01. The lowest BCUT2D eigenvalue weighted by molar-refractivity contribution is 0.548. The zero-order valence-corrected chi connectivity index (χ0v) is 11.7. The van der Waals surface area contributed by atoms with Gasteiger partial charge in [0.05, 0.1) is 6.04 Å². The van der Waals surface area contributed by atoms with Gasteiger partial charge in [-0.3, -0.25) is 0 Å². The molecule has 1 atom stereocenters. The minimum atomic E-state index is -0.171. The minimum Gasteiger partial charge on any atom is -0.336 e. The second-order valence-corrected chi connectivity index (χ2v) is 4.79. The first-order chi connectivity index (χ1) is 9.13. The van der Waals surface area contributed by atoms with Crippen LogP contribution in [0.1, 0.15) is 36.3 Å². The van der Waals surface area contributed by atoms with Crippen LogP contribution in [0.4, 0.5) is 4.39 Å². The maximum absolute atomic E-state index is 13.7. The molecule has 4 heteroatoms. The van der Waals surface area contributed by atoms with E-state index in [-0.39, 0.29) is 11.9 Å². The highest BCUT2D eigenvalue weighted by molar-refractivity contribution is 5.29. The standard InChI is InChI=1S/C15H20FN3/c1-4-7-17-14(15-18-8-9-19(15)3)12-6-5-11(2)13(16)10-12/h5-6,8-10,14,17H,4,7H2,1-3H3. The van der Waals surface area contributed by atoms with Gasteiger partial charge in [0, 0.05) is 19.4 Å². The van der Waals surface area contributed by atoms with Gasteiger partial charge >= 0.3 is 0 Å². The summed E-state index contributed by atoms with van der Waals surface area (Å²) in [7, 11) is 1.95. The van der Waals surface area contributed by atoms with E-state index in [4.69, 9.17) is 0 Å². The number of halogens is 1. The molecule has 0 spiro atoms. The maximum Gasteiger partial charge on any atom is 0.130 e. The first-order valence-electron chi connectivity index (χ1n) is 6.60. The average Bonchev–Trinajstić information content (AvgIpc) is 2.80. The Hall–Kier alpha value is -1.68. The SMILES string of the molecule is CCCNC(c1ccc(C)c(F)c1)c1nccn1C. The lowest BCUT2D eigenvalue weighted by Crippen LogP contribution is -2.26. The molecular weight excluding hydrogens is 241 g/mol. The predicted molar refractivity (Wildman–Crippen MR) is 74.5 cm³/mol. The van der Waals surface area contributed by atoms with Gasteiger partial charge in [-0.15, -0.1) is 0 Å². The Morgan fingerprint density at radius 3 is 2.79 bits per heavy atom. The lowest BCUT2D eigenvalue weighted by atomic mass is 10.0. The Labute approximate surface area is 113 Å². The summed E-state index contributed by atoms with van der Waals surface area (Å²) in [6.45, 7) is 4.75. The van der Waals surface area contributed by atoms with E-state index in [1.165, 1.54) is 0 Å². The zero-order chi connectivity index (χ0) is 13.8. The van der Waals surface area contributed by atoms with E-state index >= 15 is 0 Å². The second-order valence-electron chi connectivity index (χ2n) is 4.79. The fraction of sp³-hybridized carbons (Fsp3) is 0.400. The monoisotopic (exact) mass is 261 g/mol. The van der Waals surface area contributed by atoms with Crippen LogP contribution in [-0.4, -0.2) is 16.1 Å². The number of hydrogen-bond acceptors (Lipinski definition) is 2. The Kier molecular flexibility index (Phi) is 4.32. The van der Waals surface area contributed by atoms with Crippen molar-refractivity contribution in [1.82, 2.24) is 14.9 Å². The normalized spacial score (nSPS) is 12.6. The molecule has 0 bridgehead atoms. The van der Waals surface area contributed by atoms with Crippen LogP contribution in [0.15, 0.2) is 30.6 Å². The summed E-state index contributed by atoms with van der Waals surface area (Å²) in [6.07, 6.45) is 4.69. The number of aromatic nitrogens is 2. The first-order valence-corrected chi connectivity index (χ1v) is 6.60. The quantitative estimate of drug-likeness (QED) is 0.896. The van der Waals surface area contributed by atoms with E-state index in [0.29, 0.717) is 5.56 Å². The molecule has 2 rings (SSSR count). The number of imidazole rings is 1. The van der Waals surface area contributed by atoms with Crippen molar-refractivity contribution in [2.24, 2.45) is 7.05 Å². The minimum absolute atomic E-state index is 0.0740. The molecule has 102 valence electrons. The predicted octanol–water partition coefficient (Wildman–Crippen LogP) is 2.96. The molecule has 1 unspecified atom stereocenters. The largest absolute Gasteiger partial charge is 0.336 e. The molecule has 2 aromatic rings. The average molecular weight is 261 g/mol. The molecule has 1 N–H and O–H groups in total. The van der Waals surface area contributed by atoms with Gasteiger partial charge in [0.1, 0.15) is 11.6 Å². The smallest absolute Gasteiger partial charge is 0.130 e. The molecular formula is C15H20FN3. The molecule has 0 fully saturated rings. The Morgan fingerprint density at radius 2 is 2.21 bits per heavy atom. The molecule has 0 radical (unpaired) electrons. The molecule has 1 aromatic carbocycles. The van der Waals surface area contributed by atoms with Crippen LogP contribution in [0.3, 0.4) is 0 Å². The highest BCUT2D eigenvalue weighted by atomic mass is 19.1. The van der Waals surface area contributed by atoms with Crippen molar-refractivity contribution < 1.29 is 4.39 Å². The van der Waals surface area contributed by atoms with Crippen LogP contribution in [0, 0.1) is 12.7 Å². The third-order valence-corrected chi connectivity index (χ3v) is 3.24. The highest BCUT2D eigenvalue weighted by Gasteiger charge is 2.18. The fourth-order valence-corrected chi connectivity index (χ4v) is 2.09. The number of rotatable bonds is 5. The summed E-state index contributed by atoms with van der Waals surface area (Å²) in [5.41, 5.74) is 1.57. The van der Waals surface area contributed by atoms with Gasteiger partial charge in [0.2, 0.25) is 0 Å². The van der Waals surface area contributed by atoms with Crippen molar-refractivity contribution in [3.05, 3.63) is 53.4 Å². The summed E-state index contributed by atoms with van der Waals surface area (Å²) in [6, 6.07) is 5.29. The highest BCUT2D eigenvalue weighted by Crippen LogP contribution is 2.22. The van der Waals surface area contributed by atoms with Gasteiger partial charge in [-0.25, -0.2) is 9.37 Å². The number of hydrogen-bond donors (Lipinski definition) is 1. The van der Waals surface area contributed by atoms with Gasteiger partial charge < -0.3 is 9.88 Å². The van der Waals surface area contributed by atoms with Gasteiger partial charge in [-0.2, -0.15) is 0 Å². The molecule has 3 nitrogen and oxygen atoms in total. The van der Waals surface area contributed by atoms with Crippen LogP contribution >= 0.6 is 0 Å². The summed E-state index contributed by atoms with van der Waals surface area (Å²) >= 11 is 0. The van der Waals surface area contributed by atoms with Crippen molar-refractivity contribution in [3.8, 4) is 0 Å². The molecule has 0 saturated heterocycles. The fourth-order valence-electron chi connectivity index (χ4n) is 2.09. The summed E-state index contributed by atoms with van der Waals surface area (Å²) < 4.78 is 15.7. The summed E-state index contributed by atoms with van der Waals surface area (Å²) in [4.78, 5) is 4.38. The first kappa shape index (κ1) is 13.7. The van der Waals surface area contributed by atoms with E-state index in [0.717, 1.165) is 24.4 Å². The maximum atomic E-state index is 13.7. The molecule has 1 heterocycles. The number of nitrogens with one attached hydrogen (secondary N) is 1. The van der Waals surface area contributed by atoms with Crippen molar-refractivity contribution in [1.29, 1.82) is 0 Å². The van der Waals surface area contributed by atoms with Crippen molar-refractivity contribution in [2.75, 3.05) is 6.54 Å². The molecule has 0 amide bonds. The van der Waals surface area contributed by atoms with Crippen LogP contribution in [0.2, 0.25) is 0 Å². The van der Waals surface area contributed by atoms with E-state index < -0.39 is 0 Å². The van der Waals surface area contributed by atoms with E-state index in [2.05, 4.69) is 17.2 Å². The van der Waals surface area contributed by atoms with Gasteiger partial charge in [-0.05, 0) is 37.1 Å². The summed E-state index contributed by atoms with van der Waals surface area (Å²) in [5.74, 6) is 0.728. The van der Waals surface area contributed by atoms with Gasteiger partial charge in [0.25, 0.3) is 0 Å². The second kappa shape index (κ2) is 5.97. The molecule has 0 aliphatic rings. The van der Waals surface area contributed by atoms with Crippen LogP contribution in [0.5, 0.6) is 0 Å². The van der Waals surface area contributed by atoms with E-state index in [9.17, 15) is 4.39 Å². The van der Waals surface area contributed by atoms with Crippen molar-refractivity contribution in [2.45, 2.75) is 26.3 Å². The van der Waals surface area contributed by atoms with E-state index in [1.807, 2.05) is 29.9 Å². The lowest BCUT2D eigenvalue weighted by Gasteiger charge is -2.19. The summed E-state index contributed by atoms with van der Waals surface area (Å²) in [5, 5.41) is 3.43. The molecule has 0 aliphatic heterocycles. The Morgan fingerprint density at radius 1 is 1.42 bits per heavy atom. The number of nitrogens with zero attached hydrogens (tertiary/aromatic N) is 2. The third-order valence-electron chi connectivity index (χ3n) is 3.24. The zero-order valence-electron chi connectivity index (χ0n) is 11.7. The Balaban J connectivity index is 2.37. The number of benzene rings is 1. The molecule has 0 aliphatic carbocycles. The van der Waals surface area contributed by atoms with Crippen LogP contribution in [-0.2, 0) is 7.05 Å². The van der Waals surface area contributed by atoms with Crippen LogP contribution < -0.4 is 5.32 Å². The topological polar surface area (TPSA) is 29.9 Å². The van der Waals surface area contributed by atoms with Gasteiger partial charge in [-0.1, -0.05) is 19.1 Å². The van der Waals surface area contributed by atoms with Gasteiger partial charge in [0.15, 0.2) is 0 Å². The van der Waals surface area contributed by atoms with E-state index in [1.54, 1.807) is 19.2 Å². The van der Waals surface area contributed by atoms with Crippen molar-refractivity contribution in [3.63, 3.8) is 0 Å². The molecule has 1 aromatic heterocycles. The van der Waals surface area contributed by atoms with Crippen LogP contribution in [0.25, 0.3) is 0 Å².